The van der Waals surface area contributed by atoms with Gasteiger partial charge in [-0.05, 0) is 29.5 Å². The van der Waals surface area contributed by atoms with Gasteiger partial charge in [0.15, 0.2) is 0 Å². The first-order valence-corrected chi connectivity index (χ1v) is 7.90. The first-order chi connectivity index (χ1) is 11.0. The van der Waals surface area contributed by atoms with Gasteiger partial charge in [0.2, 0.25) is 5.91 Å². The van der Waals surface area contributed by atoms with E-state index in [1.807, 2.05) is 24.3 Å². The van der Waals surface area contributed by atoms with Gasteiger partial charge in [0.25, 0.3) is 0 Å². The van der Waals surface area contributed by atoms with E-state index in [1.165, 1.54) is 0 Å². The molecular weight excluding hydrogens is 290 g/mol. The zero-order valence-corrected chi connectivity index (χ0v) is 13.8. The molecule has 1 saturated carbocycles. The van der Waals surface area contributed by atoms with E-state index in [-0.39, 0.29) is 11.3 Å². The minimum absolute atomic E-state index is 0.0281. The molecule has 1 fully saturated rings. The number of ether oxygens (including phenoxy) is 1. The van der Waals surface area contributed by atoms with Crippen molar-refractivity contribution >= 4 is 5.91 Å². The van der Waals surface area contributed by atoms with Crippen LogP contribution in [0.15, 0.2) is 36.8 Å². The normalized spacial score (nSPS) is 21.7. The van der Waals surface area contributed by atoms with E-state index in [2.05, 4.69) is 29.1 Å². The summed E-state index contributed by atoms with van der Waals surface area (Å²) in [6.45, 7) is 4.90. The van der Waals surface area contributed by atoms with Crippen LogP contribution in [-0.4, -0.2) is 29.5 Å². The molecule has 1 aliphatic rings. The maximum Gasteiger partial charge on any atom is 0.231 e. The van der Waals surface area contributed by atoms with E-state index in [1.54, 1.807) is 19.6 Å². The van der Waals surface area contributed by atoms with Crippen molar-refractivity contribution in [1.29, 1.82) is 0 Å². The van der Waals surface area contributed by atoms with Crippen LogP contribution in [0.1, 0.15) is 31.5 Å². The number of H-pyrrole nitrogens is 1. The number of nitrogens with zero attached hydrogens (tertiary/aromatic N) is 1. The van der Waals surface area contributed by atoms with Gasteiger partial charge in [-0.3, -0.25) is 4.79 Å². The zero-order valence-electron chi connectivity index (χ0n) is 13.8. The van der Waals surface area contributed by atoms with Gasteiger partial charge in [0.05, 0.1) is 18.9 Å². The highest BCUT2D eigenvalue weighted by Crippen LogP contribution is 2.64. The molecule has 0 spiro atoms. The molecule has 5 nitrogen and oxygen atoms in total. The van der Waals surface area contributed by atoms with Crippen molar-refractivity contribution in [2.24, 2.45) is 5.41 Å². The third-order valence-electron chi connectivity index (χ3n) is 4.94. The van der Waals surface area contributed by atoms with E-state index in [0.717, 1.165) is 29.8 Å². The first-order valence-electron chi connectivity index (χ1n) is 7.90. The Morgan fingerprint density at radius 3 is 2.57 bits per heavy atom. The average molecular weight is 313 g/mol. The summed E-state index contributed by atoms with van der Waals surface area (Å²) in [5.74, 6) is 0.911. The second-order valence-corrected chi connectivity index (χ2v) is 6.78. The zero-order chi connectivity index (χ0) is 16.5. The number of methoxy groups -OCH3 is 1. The number of aromatic amines is 1. The van der Waals surface area contributed by atoms with Crippen LogP contribution >= 0.6 is 0 Å². The number of imidazole rings is 1. The van der Waals surface area contributed by atoms with Gasteiger partial charge in [0.1, 0.15) is 5.75 Å². The maximum absolute atomic E-state index is 12.9. The highest BCUT2D eigenvalue weighted by molar-refractivity contribution is 5.93. The van der Waals surface area contributed by atoms with Crippen LogP contribution in [0.5, 0.6) is 5.75 Å². The Hall–Kier alpha value is -2.30. The van der Waals surface area contributed by atoms with Gasteiger partial charge in [0, 0.05) is 24.9 Å². The van der Waals surface area contributed by atoms with Gasteiger partial charge < -0.3 is 15.0 Å². The number of rotatable bonds is 6. The lowest BCUT2D eigenvalue weighted by Crippen LogP contribution is -2.38. The predicted molar refractivity (Wildman–Crippen MR) is 88.4 cm³/mol. The van der Waals surface area contributed by atoms with Gasteiger partial charge in [-0.2, -0.15) is 0 Å². The highest BCUT2D eigenvalue weighted by Gasteiger charge is 2.66. The van der Waals surface area contributed by atoms with Crippen molar-refractivity contribution in [1.82, 2.24) is 15.3 Å². The average Bonchev–Trinajstić information content (AvgIpc) is 2.89. The molecule has 2 aromatic rings. The van der Waals surface area contributed by atoms with E-state index in [0.29, 0.717) is 6.54 Å². The van der Waals surface area contributed by atoms with Crippen LogP contribution in [0, 0.1) is 5.41 Å². The van der Waals surface area contributed by atoms with Crippen molar-refractivity contribution in [3.05, 3.63) is 48.0 Å². The number of carbonyl (C=O) groups excluding carboxylic acids is 1. The molecule has 1 amide bonds. The van der Waals surface area contributed by atoms with Gasteiger partial charge in [-0.25, -0.2) is 4.98 Å². The van der Waals surface area contributed by atoms with Crippen molar-refractivity contribution in [3.8, 4) is 5.75 Å². The molecular formula is C18H23N3O2. The number of hydrogen-bond acceptors (Lipinski definition) is 3. The standard InChI is InChI=1S/C18H23N3O2/c1-17(2)11-18(17,13-4-6-15(23-3)7-5-13)16(22)20-9-8-14-10-19-12-21-14/h4-7,10,12H,8-9,11H2,1-3H3,(H,19,21)(H,20,22)/t18-/m0/s1. The second-order valence-electron chi connectivity index (χ2n) is 6.78. The minimum atomic E-state index is -0.437. The molecule has 5 heteroatoms. The molecule has 1 aliphatic carbocycles. The molecule has 23 heavy (non-hydrogen) atoms. The summed E-state index contributed by atoms with van der Waals surface area (Å²) in [6, 6.07) is 7.84. The monoisotopic (exact) mass is 313 g/mol. The number of benzene rings is 1. The summed E-state index contributed by atoms with van der Waals surface area (Å²) in [7, 11) is 1.65. The summed E-state index contributed by atoms with van der Waals surface area (Å²) < 4.78 is 5.21. The van der Waals surface area contributed by atoms with Crippen molar-refractivity contribution in [2.75, 3.05) is 13.7 Å². The number of carbonyl (C=O) groups is 1. The van der Waals surface area contributed by atoms with Gasteiger partial charge in [-0.1, -0.05) is 26.0 Å². The Morgan fingerprint density at radius 2 is 2.04 bits per heavy atom. The molecule has 0 aliphatic heterocycles. The second kappa shape index (κ2) is 5.72. The molecule has 0 saturated heterocycles. The fourth-order valence-corrected chi connectivity index (χ4v) is 3.39. The first kappa shape index (κ1) is 15.6. The molecule has 0 radical (unpaired) electrons. The van der Waals surface area contributed by atoms with Crippen LogP contribution < -0.4 is 10.1 Å². The molecule has 0 bridgehead atoms. The third-order valence-corrected chi connectivity index (χ3v) is 4.94. The lowest BCUT2D eigenvalue weighted by atomic mass is 9.87. The molecule has 1 aromatic heterocycles. The topological polar surface area (TPSA) is 67.0 Å². The quantitative estimate of drug-likeness (QED) is 0.861. The molecule has 122 valence electrons. The van der Waals surface area contributed by atoms with E-state index in [9.17, 15) is 4.79 Å². The molecule has 0 unspecified atom stereocenters. The summed E-state index contributed by atoms with van der Waals surface area (Å²) in [4.78, 5) is 19.9. The van der Waals surface area contributed by atoms with E-state index in [4.69, 9.17) is 4.74 Å². The van der Waals surface area contributed by atoms with Crippen LogP contribution in [0.25, 0.3) is 0 Å². The number of nitrogens with one attached hydrogen (secondary N) is 2. The maximum atomic E-state index is 12.9. The molecule has 2 N–H and O–H groups in total. The molecule has 1 atom stereocenters. The lowest BCUT2D eigenvalue weighted by molar-refractivity contribution is -0.124. The van der Waals surface area contributed by atoms with Crippen LogP contribution in [0.2, 0.25) is 0 Å². The lowest BCUT2D eigenvalue weighted by Gasteiger charge is -2.21. The summed E-state index contributed by atoms with van der Waals surface area (Å²) in [6.07, 6.45) is 5.06. The van der Waals surface area contributed by atoms with Crippen LogP contribution in [0.3, 0.4) is 0 Å². The largest absolute Gasteiger partial charge is 0.497 e. The summed E-state index contributed by atoms with van der Waals surface area (Å²) in [5, 5.41) is 3.09. The minimum Gasteiger partial charge on any atom is -0.497 e. The Balaban J connectivity index is 1.71. The Bertz CT molecular complexity index is 677. The van der Waals surface area contributed by atoms with Gasteiger partial charge in [-0.15, -0.1) is 0 Å². The number of amides is 1. The molecule has 1 aromatic carbocycles. The van der Waals surface area contributed by atoms with Crippen LogP contribution in [0.4, 0.5) is 0 Å². The Morgan fingerprint density at radius 1 is 1.35 bits per heavy atom. The van der Waals surface area contributed by atoms with E-state index < -0.39 is 5.41 Å². The number of hydrogen-bond donors (Lipinski definition) is 2. The number of aromatic nitrogens is 2. The summed E-state index contributed by atoms with van der Waals surface area (Å²) in [5.41, 5.74) is 1.62. The predicted octanol–water partition coefficient (Wildman–Crippen LogP) is 2.44. The fraction of sp³-hybridized carbons (Fsp3) is 0.444. The van der Waals surface area contributed by atoms with Crippen LogP contribution in [-0.2, 0) is 16.6 Å². The van der Waals surface area contributed by atoms with Crippen molar-refractivity contribution in [3.63, 3.8) is 0 Å². The Labute approximate surface area is 136 Å². The smallest absolute Gasteiger partial charge is 0.231 e. The molecule has 3 rings (SSSR count). The van der Waals surface area contributed by atoms with E-state index >= 15 is 0 Å². The summed E-state index contributed by atoms with van der Waals surface area (Å²) >= 11 is 0. The fourth-order valence-electron chi connectivity index (χ4n) is 3.39. The van der Waals surface area contributed by atoms with Crippen molar-refractivity contribution in [2.45, 2.75) is 32.1 Å². The highest BCUT2D eigenvalue weighted by atomic mass is 16.5. The third kappa shape index (κ3) is 2.71. The SMILES string of the molecule is COc1ccc([C@]2(C(=O)NCCc3cnc[nH]3)CC2(C)C)cc1. The Kier molecular flexibility index (Phi) is 3.88. The van der Waals surface area contributed by atoms with Crippen molar-refractivity contribution < 1.29 is 9.53 Å². The van der Waals surface area contributed by atoms with Gasteiger partial charge >= 0.3 is 0 Å². The molecule has 1 heterocycles.